The van der Waals surface area contributed by atoms with Crippen LogP contribution in [0.15, 0.2) is 18.3 Å². The van der Waals surface area contributed by atoms with Gasteiger partial charge in [-0.3, -0.25) is 4.98 Å². The van der Waals surface area contributed by atoms with E-state index in [1.165, 1.54) is 30.5 Å². The number of hydrogen-bond donors (Lipinski definition) is 0. The summed E-state index contributed by atoms with van der Waals surface area (Å²) in [7, 11) is 0. The Hall–Kier alpha value is -0.410. The van der Waals surface area contributed by atoms with Crippen molar-refractivity contribution < 1.29 is 4.74 Å². The third-order valence-corrected chi connectivity index (χ3v) is 4.28. The molecule has 0 bridgehead atoms. The van der Waals surface area contributed by atoms with Crippen LogP contribution in [0.5, 0.6) is 0 Å². The Kier molecular flexibility index (Phi) is 5.19. The van der Waals surface area contributed by atoms with Crippen molar-refractivity contribution in [3.63, 3.8) is 0 Å². The lowest BCUT2D eigenvalue weighted by atomic mass is 9.79. The van der Waals surface area contributed by atoms with Gasteiger partial charge in [-0.1, -0.05) is 22.0 Å². The smallest absolute Gasteiger partial charge is 0.0580 e. The fraction of sp³-hybridized carbons (Fsp3) is 0.667. The van der Waals surface area contributed by atoms with Crippen molar-refractivity contribution >= 4 is 15.9 Å². The SMILES string of the molecule is CCOC1CC(CC(Br)Cc2ccc(C)cn2)C1. The van der Waals surface area contributed by atoms with Crippen LogP contribution in [-0.2, 0) is 11.2 Å². The highest BCUT2D eigenvalue weighted by atomic mass is 79.9. The van der Waals surface area contributed by atoms with E-state index < -0.39 is 0 Å². The fourth-order valence-electron chi connectivity index (χ4n) is 2.53. The van der Waals surface area contributed by atoms with Gasteiger partial charge in [-0.25, -0.2) is 0 Å². The number of hydrogen-bond acceptors (Lipinski definition) is 2. The topological polar surface area (TPSA) is 22.1 Å². The Balaban J connectivity index is 1.70. The summed E-state index contributed by atoms with van der Waals surface area (Å²) in [4.78, 5) is 5.00. The molecule has 1 heterocycles. The molecule has 1 unspecified atom stereocenters. The molecule has 0 spiro atoms. The molecule has 1 atom stereocenters. The number of rotatable bonds is 6. The van der Waals surface area contributed by atoms with Gasteiger partial charge in [-0.05, 0) is 50.7 Å². The van der Waals surface area contributed by atoms with Crippen LogP contribution in [-0.4, -0.2) is 22.5 Å². The van der Waals surface area contributed by atoms with Gasteiger partial charge in [-0.2, -0.15) is 0 Å². The molecule has 1 aromatic heterocycles. The van der Waals surface area contributed by atoms with Gasteiger partial charge in [-0.15, -0.1) is 0 Å². The Morgan fingerprint density at radius 2 is 2.22 bits per heavy atom. The summed E-state index contributed by atoms with van der Waals surface area (Å²) in [5.74, 6) is 0.830. The number of ether oxygens (including phenoxy) is 1. The summed E-state index contributed by atoms with van der Waals surface area (Å²) in [5, 5.41) is 0. The monoisotopic (exact) mass is 311 g/mol. The molecule has 1 aliphatic rings. The number of pyridine rings is 1. The van der Waals surface area contributed by atoms with Crippen molar-refractivity contribution in [1.82, 2.24) is 4.98 Å². The van der Waals surface area contributed by atoms with Crippen molar-refractivity contribution in [3.05, 3.63) is 29.6 Å². The molecule has 0 N–H and O–H groups in total. The van der Waals surface area contributed by atoms with Gasteiger partial charge in [0.05, 0.1) is 6.10 Å². The van der Waals surface area contributed by atoms with Crippen LogP contribution in [0.3, 0.4) is 0 Å². The third kappa shape index (κ3) is 4.06. The molecular weight excluding hydrogens is 290 g/mol. The molecule has 18 heavy (non-hydrogen) atoms. The minimum absolute atomic E-state index is 0.525. The molecular formula is C15H22BrNO. The van der Waals surface area contributed by atoms with Crippen LogP contribution >= 0.6 is 15.9 Å². The highest BCUT2D eigenvalue weighted by molar-refractivity contribution is 9.09. The summed E-state index contributed by atoms with van der Waals surface area (Å²) in [5.41, 5.74) is 2.41. The van der Waals surface area contributed by atoms with Crippen molar-refractivity contribution in [2.75, 3.05) is 6.61 Å². The molecule has 1 saturated carbocycles. The largest absolute Gasteiger partial charge is 0.378 e. The minimum Gasteiger partial charge on any atom is -0.378 e. The predicted molar refractivity (Wildman–Crippen MR) is 78.1 cm³/mol. The molecule has 0 aromatic carbocycles. The highest BCUT2D eigenvalue weighted by Crippen LogP contribution is 2.35. The lowest BCUT2D eigenvalue weighted by Crippen LogP contribution is -2.33. The van der Waals surface area contributed by atoms with Gasteiger partial charge in [0.15, 0.2) is 0 Å². The first-order valence-electron chi connectivity index (χ1n) is 6.84. The first kappa shape index (κ1) is 14.0. The van der Waals surface area contributed by atoms with Crippen LogP contribution in [0.2, 0.25) is 0 Å². The zero-order valence-electron chi connectivity index (χ0n) is 11.2. The van der Waals surface area contributed by atoms with E-state index in [1.54, 1.807) is 0 Å². The van der Waals surface area contributed by atoms with Crippen LogP contribution in [0.4, 0.5) is 0 Å². The quantitative estimate of drug-likeness (QED) is 0.743. The molecule has 1 fully saturated rings. The average Bonchev–Trinajstić information content (AvgIpc) is 2.29. The zero-order chi connectivity index (χ0) is 13.0. The summed E-state index contributed by atoms with van der Waals surface area (Å²) in [6.07, 6.45) is 7.20. The minimum atomic E-state index is 0.525. The van der Waals surface area contributed by atoms with Crippen molar-refractivity contribution in [2.45, 2.75) is 50.5 Å². The molecule has 2 rings (SSSR count). The van der Waals surface area contributed by atoms with Gasteiger partial charge in [0.1, 0.15) is 0 Å². The van der Waals surface area contributed by atoms with E-state index in [-0.39, 0.29) is 0 Å². The summed E-state index contributed by atoms with van der Waals surface area (Å²) in [6.45, 7) is 5.00. The van der Waals surface area contributed by atoms with E-state index in [9.17, 15) is 0 Å². The normalized spacial score (nSPS) is 24.6. The van der Waals surface area contributed by atoms with E-state index in [0.717, 1.165) is 18.9 Å². The molecule has 0 amide bonds. The molecule has 0 aliphatic heterocycles. The lowest BCUT2D eigenvalue weighted by molar-refractivity contribution is -0.0263. The number of nitrogens with zero attached hydrogens (tertiary/aromatic N) is 1. The summed E-state index contributed by atoms with van der Waals surface area (Å²) in [6, 6.07) is 4.27. The molecule has 2 nitrogen and oxygen atoms in total. The second-order valence-electron chi connectivity index (χ2n) is 5.28. The number of aryl methyl sites for hydroxylation is 1. The van der Waals surface area contributed by atoms with Crippen LogP contribution < -0.4 is 0 Å². The number of halogens is 1. The Labute approximate surface area is 118 Å². The van der Waals surface area contributed by atoms with Gasteiger partial charge in [0.2, 0.25) is 0 Å². The maximum Gasteiger partial charge on any atom is 0.0580 e. The van der Waals surface area contributed by atoms with Crippen LogP contribution in [0.1, 0.15) is 37.4 Å². The van der Waals surface area contributed by atoms with E-state index in [4.69, 9.17) is 4.74 Å². The van der Waals surface area contributed by atoms with E-state index in [0.29, 0.717) is 10.9 Å². The van der Waals surface area contributed by atoms with Gasteiger partial charge >= 0.3 is 0 Å². The van der Waals surface area contributed by atoms with E-state index >= 15 is 0 Å². The highest BCUT2D eigenvalue weighted by Gasteiger charge is 2.30. The van der Waals surface area contributed by atoms with Crippen LogP contribution in [0.25, 0.3) is 0 Å². The molecule has 1 aromatic rings. The van der Waals surface area contributed by atoms with E-state index in [2.05, 4.69) is 46.9 Å². The van der Waals surface area contributed by atoms with Gasteiger partial charge in [0.25, 0.3) is 0 Å². The van der Waals surface area contributed by atoms with Crippen molar-refractivity contribution in [1.29, 1.82) is 0 Å². The maximum absolute atomic E-state index is 5.59. The zero-order valence-corrected chi connectivity index (χ0v) is 12.8. The second kappa shape index (κ2) is 6.67. The third-order valence-electron chi connectivity index (χ3n) is 3.59. The fourth-order valence-corrected chi connectivity index (χ4v) is 3.39. The van der Waals surface area contributed by atoms with Crippen molar-refractivity contribution in [3.8, 4) is 0 Å². The first-order chi connectivity index (χ1) is 8.67. The molecule has 0 radical (unpaired) electrons. The number of aromatic nitrogens is 1. The Morgan fingerprint density at radius 3 is 2.83 bits per heavy atom. The van der Waals surface area contributed by atoms with Crippen molar-refractivity contribution in [2.24, 2.45) is 5.92 Å². The van der Waals surface area contributed by atoms with Gasteiger partial charge in [0, 0.05) is 29.7 Å². The summed E-state index contributed by atoms with van der Waals surface area (Å²) >= 11 is 3.79. The van der Waals surface area contributed by atoms with Gasteiger partial charge < -0.3 is 4.74 Å². The first-order valence-corrected chi connectivity index (χ1v) is 7.76. The Bertz CT molecular complexity index is 359. The molecule has 0 saturated heterocycles. The lowest BCUT2D eigenvalue weighted by Gasteiger charge is -2.36. The molecule has 3 heteroatoms. The average molecular weight is 312 g/mol. The summed E-state index contributed by atoms with van der Waals surface area (Å²) < 4.78 is 5.59. The standard InChI is InChI=1S/C15H22BrNO/c1-3-18-15-7-12(8-15)6-13(16)9-14-5-4-11(2)10-17-14/h4-5,10,12-13,15H,3,6-9H2,1-2H3. The van der Waals surface area contributed by atoms with Crippen LogP contribution in [0, 0.1) is 12.8 Å². The second-order valence-corrected chi connectivity index (χ2v) is 6.57. The van der Waals surface area contributed by atoms with E-state index in [1.807, 2.05) is 6.20 Å². The number of alkyl halides is 1. The molecule has 100 valence electrons. The maximum atomic E-state index is 5.59. The Morgan fingerprint density at radius 1 is 1.44 bits per heavy atom. The molecule has 1 aliphatic carbocycles. The predicted octanol–water partition coefficient (Wildman–Crippen LogP) is 3.90.